The Morgan fingerprint density at radius 3 is 2.60 bits per heavy atom. The van der Waals surface area contributed by atoms with Crippen LogP contribution >= 0.6 is 11.6 Å². The monoisotopic (exact) mass is 248 g/mol. The first-order chi connectivity index (χ1) is 6.89. The number of hydrogen-bond donors (Lipinski definition) is 1. The summed E-state index contributed by atoms with van der Waals surface area (Å²) in [5, 5.41) is 8.81. The zero-order chi connectivity index (χ0) is 11.5. The normalized spacial score (nSPS) is 11.3. The molecule has 15 heavy (non-hydrogen) atoms. The third-order valence-corrected chi connectivity index (χ3v) is 3.31. The van der Waals surface area contributed by atoms with Crippen molar-refractivity contribution in [2.45, 2.75) is 5.75 Å². The fourth-order valence-electron chi connectivity index (χ4n) is 1.12. The van der Waals surface area contributed by atoms with Crippen LogP contribution in [0, 0.1) is 0 Å². The van der Waals surface area contributed by atoms with E-state index < -0.39 is 21.6 Å². The van der Waals surface area contributed by atoms with E-state index in [4.69, 9.17) is 16.7 Å². The predicted molar refractivity (Wildman–Crippen MR) is 56.6 cm³/mol. The van der Waals surface area contributed by atoms with Gasteiger partial charge in [-0.2, -0.15) is 0 Å². The Morgan fingerprint density at radius 1 is 1.40 bits per heavy atom. The van der Waals surface area contributed by atoms with Gasteiger partial charge in [0, 0.05) is 5.02 Å². The Morgan fingerprint density at radius 2 is 2.07 bits per heavy atom. The first-order valence-electron chi connectivity index (χ1n) is 4.06. The molecule has 82 valence electrons. The van der Waals surface area contributed by atoms with Crippen molar-refractivity contribution in [3.8, 4) is 0 Å². The van der Waals surface area contributed by atoms with Crippen molar-refractivity contribution < 1.29 is 18.3 Å². The molecule has 0 bridgehead atoms. The van der Waals surface area contributed by atoms with Crippen molar-refractivity contribution in [2.24, 2.45) is 0 Å². The molecule has 0 aliphatic carbocycles. The molecular formula is C9H9ClO4S. The number of benzene rings is 1. The smallest absolute Gasteiger partial charge is 0.318 e. The molecule has 1 aromatic rings. The number of rotatable bonds is 4. The van der Waals surface area contributed by atoms with Gasteiger partial charge >= 0.3 is 5.97 Å². The van der Waals surface area contributed by atoms with Gasteiger partial charge in [-0.05, 0) is 17.7 Å². The average Bonchev–Trinajstić information content (AvgIpc) is 1.99. The first kappa shape index (κ1) is 12.0. The minimum atomic E-state index is -3.61. The van der Waals surface area contributed by atoms with Crippen LogP contribution in [0.1, 0.15) is 5.56 Å². The van der Waals surface area contributed by atoms with Gasteiger partial charge in [0.2, 0.25) is 0 Å². The second-order valence-electron chi connectivity index (χ2n) is 3.06. The third-order valence-electron chi connectivity index (χ3n) is 1.62. The number of carboxylic acids is 1. The minimum Gasteiger partial charge on any atom is -0.480 e. The van der Waals surface area contributed by atoms with Gasteiger partial charge in [-0.1, -0.05) is 23.7 Å². The maximum Gasteiger partial charge on any atom is 0.318 e. The van der Waals surface area contributed by atoms with E-state index in [9.17, 15) is 13.2 Å². The highest BCUT2D eigenvalue weighted by atomic mass is 35.5. The molecule has 4 nitrogen and oxygen atoms in total. The molecule has 0 spiro atoms. The molecule has 0 radical (unpaired) electrons. The molecule has 0 saturated heterocycles. The fourth-order valence-corrected chi connectivity index (χ4v) is 2.50. The van der Waals surface area contributed by atoms with E-state index in [2.05, 4.69) is 0 Å². The summed E-state index contributed by atoms with van der Waals surface area (Å²) in [5.41, 5.74) is 0.490. The number of carboxylic acid groups (broad SMARTS) is 1. The topological polar surface area (TPSA) is 71.4 Å². The highest BCUT2D eigenvalue weighted by molar-refractivity contribution is 7.91. The molecule has 0 fully saturated rings. The molecular weight excluding hydrogens is 240 g/mol. The van der Waals surface area contributed by atoms with Crippen molar-refractivity contribution in [3.63, 3.8) is 0 Å². The fraction of sp³-hybridized carbons (Fsp3) is 0.222. The van der Waals surface area contributed by atoms with E-state index in [1.54, 1.807) is 18.2 Å². The average molecular weight is 249 g/mol. The van der Waals surface area contributed by atoms with Crippen molar-refractivity contribution in [1.82, 2.24) is 0 Å². The number of sulfone groups is 1. The molecule has 0 saturated carbocycles. The van der Waals surface area contributed by atoms with Crippen molar-refractivity contribution in [1.29, 1.82) is 0 Å². The molecule has 0 amide bonds. The lowest BCUT2D eigenvalue weighted by Crippen LogP contribution is -2.16. The van der Waals surface area contributed by atoms with Crippen LogP contribution in [-0.4, -0.2) is 25.2 Å². The van der Waals surface area contributed by atoms with Crippen LogP contribution in [0.5, 0.6) is 0 Å². The van der Waals surface area contributed by atoms with Gasteiger partial charge in [-0.25, -0.2) is 8.42 Å². The largest absolute Gasteiger partial charge is 0.480 e. The predicted octanol–water partition coefficient (Wildman–Crippen LogP) is 1.34. The Kier molecular flexibility index (Phi) is 3.71. The van der Waals surface area contributed by atoms with Gasteiger partial charge in [0.05, 0.1) is 5.75 Å². The Bertz CT molecular complexity index is 467. The zero-order valence-electron chi connectivity index (χ0n) is 7.68. The Labute approximate surface area is 92.4 Å². The van der Waals surface area contributed by atoms with Crippen LogP contribution < -0.4 is 0 Å². The second kappa shape index (κ2) is 4.63. The lowest BCUT2D eigenvalue weighted by atomic mass is 10.2. The number of carbonyl (C=O) groups is 1. The highest BCUT2D eigenvalue weighted by Crippen LogP contribution is 2.13. The van der Waals surface area contributed by atoms with Crippen molar-refractivity contribution >= 4 is 27.4 Å². The summed E-state index contributed by atoms with van der Waals surface area (Å²) in [6.45, 7) is 0. The van der Waals surface area contributed by atoms with Crippen LogP contribution in [0.2, 0.25) is 5.02 Å². The van der Waals surface area contributed by atoms with E-state index >= 15 is 0 Å². The second-order valence-corrected chi connectivity index (χ2v) is 5.56. The molecule has 0 heterocycles. The van der Waals surface area contributed by atoms with E-state index in [0.29, 0.717) is 10.6 Å². The van der Waals surface area contributed by atoms with Gasteiger partial charge in [-0.15, -0.1) is 0 Å². The molecule has 0 aliphatic heterocycles. The lowest BCUT2D eigenvalue weighted by Gasteiger charge is -2.01. The van der Waals surface area contributed by atoms with Crippen molar-refractivity contribution in [3.05, 3.63) is 34.9 Å². The number of halogens is 1. The van der Waals surface area contributed by atoms with Crippen molar-refractivity contribution in [2.75, 3.05) is 5.75 Å². The van der Waals surface area contributed by atoms with Gasteiger partial charge < -0.3 is 5.11 Å². The highest BCUT2D eigenvalue weighted by Gasteiger charge is 2.16. The van der Waals surface area contributed by atoms with Crippen LogP contribution in [-0.2, 0) is 20.4 Å². The Balaban J connectivity index is 2.82. The van der Waals surface area contributed by atoms with Gasteiger partial charge in [0.25, 0.3) is 0 Å². The van der Waals surface area contributed by atoms with E-state index in [0.717, 1.165) is 0 Å². The number of hydrogen-bond acceptors (Lipinski definition) is 3. The van der Waals surface area contributed by atoms with E-state index in [-0.39, 0.29) is 5.75 Å². The molecule has 1 rings (SSSR count). The zero-order valence-corrected chi connectivity index (χ0v) is 9.25. The lowest BCUT2D eigenvalue weighted by molar-refractivity contribution is -0.134. The van der Waals surface area contributed by atoms with Crippen LogP contribution in [0.4, 0.5) is 0 Å². The van der Waals surface area contributed by atoms with E-state index in [1.807, 2.05) is 0 Å². The summed E-state index contributed by atoms with van der Waals surface area (Å²) in [4.78, 5) is 10.3. The van der Waals surface area contributed by atoms with Gasteiger partial charge in [-0.3, -0.25) is 4.79 Å². The summed E-state index contributed by atoms with van der Waals surface area (Å²) in [6, 6.07) is 6.33. The first-order valence-corrected chi connectivity index (χ1v) is 6.26. The number of aliphatic carboxylic acids is 1. The van der Waals surface area contributed by atoms with Crippen LogP contribution in [0.25, 0.3) is 0 Å². The molecule has 0 unspecified atom stereocenters. The Hall–Kier alpha value is -1.07. The molecule has 0 aromatic heterocycles. The molecule has 6 heteroatoms. The summed E-state index contributed by atoms with van der Waals surface area (Å²) < 4.78 is 22.6. The molecule has 0 aliphatic rings. The third kappa shape index (κ3) is 4.31. The van der Waals surface area contributed by atoms with Gasteiger partial charge in [0.15, 0.2) is 9.84 Å². The maximum atomic E-state index is 11.3. The maximum absolute atomic E-state index is 11.3. The van der Waals surface area contributed by atoms with E-state index in [1.165, 1.54) is 6.07 Å². The van der Waals surface area contributed by atoms with Crippen LogP contribution in [0.15, 0.2) is 24.3 Å². The summed E-state index contributed by atoms with van der Waals surface area (Å²) in [6.07, 6.45) is 0. The van der Waals surface area contributed by atoms with Gasteiger partial charge in [0.1, 0.15) is 5.75 Å². The molecule has 0 atom stereocenters. The SMILES string of the molecule is O=C(O)CS(=O)(=O)Cc1cccc(Cl)c1. The summed E-state index contributed by atoms with van der Waals surface area (Å²) in [7, 11) is -3.61. The molecule has 1 aromatic carbocycles. The van der Waals surface area contributed by atoms with Crippen LogP contribution in [0.3, 0.4) is 0 Å². The quantitative estimate of drug-likeness (QED) is 0.873. The standard InChI is InChI=1S/C9H9ClO4S/c10-8-3-1-2-7(4-8)5-15(13,14)6-9(11)12/h1-4H,5-6H2,(H,11,12). The summed E-state index contributed by atoms with van der Waals surface area (Å²) in [5.74, 6) is -2.52. The molecule has 1 N–H and O–H groups in total. The minimum absolute atomic E-state index is 0.306. The summed E-state index contributed by atoms with van der Waals surface area (Å²) >= 11 is 5.67.